The number of hydrogen-bond acceptors (Lipinski definition) is 9. The Labute approximate surface area is 302 Å². The molecule has 2 amide bonds. The maximum absolute atomic E-state index is 15.1. The molecule has 2 heterocycles. The molecule has 11 nitrogen and oxygen atoms in total. The summed E-state index contributed by atoms with van der Waals surface area (Å²) < 4.78 is 111. The minimum Gasteiger partial charge on any atom is -0.474 e. The number of allylic oxidation sites excluding steroid dienone is 1. The summed E-state index contributed by atoms with van der Waals surface area (Å²) in [5, 5.41) is 17.5. The highest BCUT2D eigenvalue weighted by atomic mass is 19.4. The molecule has 3 rings (SSSR count). The Morgan fingerprint density at radius 2 is 1.64 bits per heavy atom. The monoisotopic (exact) mass is 756 g/mol. The lowest BCUT2D eigenvalue weighted by Gasteiger charge is -2.36. The van der Waals surface area contributed by atoms with Gasteiger partial charge in [-0.15, -0.1) is 23.4 Å². The Bertz CT molecular complexity index is 1750. The third-order valence-corrected chi connectivity index (χ3v) is 7.64. The fourth-order valence-electron chi connectivity index (χ4n) is 5.21. The molecule has 1 aromatic carbocycles. The van der Waals surface area contributed by atoms with Crippen LogP contribution >= 0.6 is 0 Å². The van der Waals surface area contributed by atoms with Crippen LogP contribution in [0.4, 0.5) is 35.9 Å². The highest BCUT2D eigenvalue weighted by Gasteiger charge is 2.61. The van der Waals surface area contributed by atoms with Crippen LogP contribution in [0, 0.1) is 0 Å². The van der Waals surface area contributed by atoms with Crippen LogP contribution in [-0.4, -0.2) is 60.8 Å². The van der Waals surface area contributed by atoms with Gasteiger partial charge in [0, 0.05) is 6.42 Å². The maximum atomic E-state index is 15.1. The first kappa shape index (κ1) is 42.5. The third-order valence-electron chi connectivity index (χ3n) is 7.64. The largest absolute Gasteiger partial charge is 0.474 e. The minimum atomic E-state index is -5.16. The molecule has 0 fully saturated rings. The van der Waals surface area contributed by atoms with E-state index in [1.807, 2.05) is 0 Å². The van der Waals surface area contributed by atoms with E-state index in [4.69, 9.17) is 18.6 Å². The number of nitrogens with zero attached hydrogens (tertiary/aromatic N) is 4. The zero-order valence-corrected chi connectivity index (χ0v) is 30.1. The summed E-state index contributed by atoms with van der Waals surface area (Å²) in [6.45, 7) is 14.9. The Balaban J connectivity index is 2.31. The molecule has 1 N–H and O–H groups in total. The average molecular weight is 757 g/mol. The predicted molar refractivity (Wildman–Crippen MR) is 180 cm³/mol. The first-order valence-electron chi connectivity index (χ1n) is 16.3. The van der Waals surface area contributed by atoms with Crippen LogP contribution < -0.4 is 4.74 Å². The fraction of sp³-hybridized carbons (Fsp3) is 0.472. The lowest BCUT2D eigenvalue weighted by atomic mass is 9.91. The van der Waals surface area contributed by atoms with Crippen molar-refractivity contribution in [3.63, 3.8) is 0 Å². The molecule has 0 saturated carbocycles. The Morgan fingerprint density at radius 3 is 2.17 bits per heavy atom. The van der Waals surface area contributed by atoms with Gasteiger partial charge in [0.25, 0.3) is 11.8 Å². The van der Waals surface area contributed by atoms with Crippen molar-refractivity contribution in [1.29, 1.82) is 0 Å². The minimum absolute atomic E-state index is 0.0907. The fourth-order valence-corrected chi connectivity index (χ4v) is 5.21. The summed E-state index contributed by atoms with van der Waals surface area (Å²) in [6.07, 6.45) is -13.2. The van der Waals surface area contributed by atoms with Gasteiger partial charge in [0.1, 0.15) is 23.0 Å². The molecule has 2 aromatic heterocycles. The van der Waals surface area contributed by atoms with Gasteiger partial charge in [-0.25, -0.2) is 19.5 Å². The predicted octanol–water partition coefficient (Wildman–Crippen LogP) is 9.67. The van der Waals surface area contributed by atoms with Crippen LogP contribution in [0.2, 0.25) is 0 Å². The van der Waals surface area contributed by atoms with E-state index in [-0.39, 0.29) is 17.7 Å². The van der Waals surface area contributed by atoms with E-state index < -0.39 is 101 Å². The Morgan fingerprint density at radius 1 is 1.00 bits per heavy atom. The number of carbonyl (C=O) groups is 2. The molecule has 0 radical (unpaired) electrons. The summed E-state index contributed by atoms with van der Waals surface area (Å²) in [4.78, 5) is 29.7. The van der Waals surface area contributed by atoms with Crippen LogP contribution in [0.15, 0.2) is 66.1 Å². The van der Waals surface area contributed by atoms with Gasteiger partial charge < -0.3 is 23.7 Å². The zero-order chi connectivity index (χ0) is 40.0. The van der Waals surface area contributed by atoms with Gasteiger partial charge in [-0.1, -0.05) is 42.5 Å². The molecule has 0 aliphatic heterocycles. The van der Waals surface area contributed by atoms with Crippen molar-refractivity contribution in [2.24, 2.45) is 0 Å². The molecule has 2 atom stereocenters. The molecule has 0 bridgehead atoms. The topological polar surface area (TPSA) is 137 Å². The van der Waals surface area contributed by atoms with E-state index in [1.54, 1.807) is 30.3 Å². The molecule has 53 heavy (non-hydrogen) atoms. The first-order chi connectivity index (χ1) is 24.5. The Kier molecular flexibility index (Phi) is 13.1. The number of carboxylic acid groups (broad SMARTS) is 1. The molecule has 3 aromatic rings. The summed E-state index contributed by atoms with van der Waals surface area (Å²) in [5.74, 6) is -2.82. The van der Waals surface area contributed by atoms with E-state index in [0.717, 1.165) is 0 Å². The second-order valence-electron chi connectivity index (χ2n) is 13.7. The van der Waals surface area contributed by atoms with Crippen LogP contribution in [0.25, 0.3) is 11.6 Å². The highest BCUT2D eigenvalue weighted by molar-refractivity contribution is 5.88. The van der Waals surface area contributed by atoms with Gasteiger partial charge in [0.15, 0.2) is 0 Å². The highest BCUT2D eigenvalue weighted by Crippen LogP contribution is 2.47. The summed E-state index contributed by atoms with van der Waals surface area (Å²) in [6, 6.07) is 8.54. The van der Waals surface area contributed by atoms with Gasteiger partial charge in [-0.05, 0) is 78.0 Å². The van der Waals surface area contributed by atoms with Gasteiger partial charge >= 0.3 is 24.5 Å². The van der Waals surface area contributed by atoms with E-state index >= 15 is 13.2 Å². The maximum Gasteiger partial charge on any atom is 0.426 e. The number of ether oxygens (including phenoxy) is 3. The number of hydrogen-bond donors (Lipinski definition) is 1. The SMILES string of the molecule is C=CCCC(OCc1ccccc1)(c1nnc(-c2nc(O[C@@H](C)CC=C)c(C(F)(F)F)cc2CC(C)(C)N(C(=O)O)C(=O)OC(C)(C)C)o1)C(F)(F)F. The summed E-state index contributed by atoms with van der Waals surface area (Å²) >= 11 is 0. The summed E-state index contributed by atoms with van der Waals surface area (Å²) in [5.41, 5.74) is -8.22. The van der Waals surface area contributed by atoms with Crippen LogP contribution in [-0.2, 0) is 34.3 Å². The number of benzene rings is 1. The van der Waals surface area contributed by atoms with E-state index in [2.05, 4.69) is 28.3 Å². The second-order valence-corrected chi connectivity index (χ2v) is 13.7. The van der Waals surface area contributed by atoms with Crippen LogP contribution in [0.5, 0.6) is 5.88 Å². The van der Waals surface area contributed by atoms with Crippen molar-refractivity contribution in [1.82, 2.24) is 20.1 Å². The number of amides is 2. The molecule has 17 heteroatoms. The number of rotatable bonds is 15. The smallest absolute Gasteiger partial charge is 0.426 e. The van der Waals surface area contributed by atoms with Gasteiger partial charge in [-0.2, -0.15) is 26.3 Å². The zero-order valence-electron chi connectivity index (χ0n) is 30.1. The Hall–Kier alpha value is -4.93. The number of carbonyl (C=O) groups excluding carboxylic acids is 1. The van der Waals surface area contributed by atoms with Crippen molar-refractivity contribution < 1.29 is 59.7 Å². The second kappa shape index (κ2) is 16.4. The molecular weight excluding hydrogens is 714 g/mol. The molecule has 0 saturated heterocycles. The van der Waals surface area contributed by atoms with E-state index in [9.17, 15) is 27.9 Å². The average Bonchev–Trinajstić information content (AvgIpc) is 3.50. The third kappa shape index (κ3) is 10.6. The van der Waals surface area contributed by atoms with Crippen molar-refractivity contribution >= 4 is 12.2 Å². The number of pyridine rings is 1. The molecule has 290 valence electrons. The number of halogens is 6. The molecule has 0 aliphatic rings. The molecule has 0 spiro atoms. The first-order valence-corrected chi connectivity index (χ1v) is 16.3. The van der Waals surface area contributed by atoms with E-state index in [0.29, 0.717) is 11.6 Å². The lowest BCUT2D eigenvalue weighted by Crippen LogP contribution is -2.53. The van der Waals surface area contributed by atoms with Crippen LogP contribution in [0.1, 0.15) is 83.4 Å². The quantitative estimate of drug-likeness (QED) is 0.118. The number of aromatic nitrogens is 3. The van der Waals surface area contributed by atoms with Crippen molar-refractivity contribution in [2.45, 2.75) is 109 Å². The van der Waals surface area contributed by atoms with Gasteiger partial charge in [0.2, 0.25) is 11.5 Å². The van der Waals surface area contributed by atoms with Gasteiger partial charge in [0.05, 0.1) is 12.1 Å². The van der Waals surface area contributed by atoms with Crippen molar-refractivity contribution in [2.75, 3.05) is 0 Å². The lowest BCUT2D eigenvalue weighted by molar-refractivity contribution is -0.299. The molecular formula is C36H42F6N4O7. The summed E-state index contributed by atoms with van der Waals surface area (Å²) in [7, 11) is 0. The number of alkyl halides is 6. The molecule has 1 unspecified atom stereocenters. The van der Waals surface area contributed by atoms with E-state index in [1.165, 1.54) is 53.7 Å². The standard InChI is InChI=1S/C36H42F6N4O7/c1-9-11-18-34(36(40,41)42,50-21-23-16-13-12-14-17-23)29-45-44-28(52-29)26-24(19-25(35(37,38)39)27(43-26)51-22(3)15-10-2)20-33(7,8)46(30(47)48)31(49)53-32(4,5)6/h9-10,12-14,16-17,19,22H,1-2,11,15,18,20-21H2,3-8H3,(H,47,48)/t22-,34?/m0/s1. The van der Waals surface area contributed by atoms with Crippen LogP contribution in [0.3, 0.4) is 0 Å². The van der Waals surface area contributed by atoms with Gasteiger partial charge in [-0.3, -0.25) is 0 Å². The van der Waals surface area contributed by atoms with Crippen molar-refractivity contribution in [3.05, 3.63) is 84.3 Å². The normalized spacial score (nSPS) is 14.2. The molecule has 0 aliphatic carbocycles. The number of imide groups is 1. The van der Waals surface area contributed by atoms with Crippen molar-refractivity contribution in [3.8, 4) is 17.5 Å².